The summed E-state index contributed by atoms with van der Waals surface area (Å²) in [7, 11) is 0. The van der Waals surface area contributed by atoms with Crippen LogP contribution in [0, 0.1) is 3.57 Å². The zero-order valence-corrected chi connectivity index (χ0v) is 16.2. The molecule has 2 atom stereocenters. The minimum Gasteiger partial charge on any atom is -0.383 e. The normalized spacial score (nSPS) is 23.9. The summed E-state index contributed by atoms with van der Waals surface area (Å²) in [5.41, 5.74) is 7.21. The fraction of sp³-hybridized carbons (Fsp3) is 0.714. The third-order valence-corrected chi connectivity index (χ3v) is 7.62. The Hall–Kier alpha value is 0.310. The molecule has 0 aliphatic carbocycles. The Morgan fingerprint density at radius 3 is 2.50 bits per heavy atom. The maximum atomic E-state index is 6.14. The van der Waals surface area contributed by atoms with Crippen LogP contribution >= 0.6 is 46.1 Å². The molecule has 0 amide bonds. The molecule has 1 aliphatic rings. The molecular weight excluding hydrogens is 401 g/mol. The zero-order chi connectivity index (χ0) is 14.9. The molecule has 2 N–H and O–H groups in total. The third kappa shape index (κ3) is 3.55. The number of thioether (sulfide) groups is 2. The van der Waals surface area contributed by atoms with Crippen LogP contribution in [0.15, 0.2) is 0 Å². The van der Waals surface area contributed by atoms with Crippen molar-refractivity contribution in [1.29, 1.82) is 0 Å². The molecule has 1 aromatic heterocycles. The van der Waals surface area contributed by atoms with Gasteiger partial charge in [0, 0.05) is 22.2 Å². The fourth-order valence-corrected chi connectivity index (χ4v) is 6.29. The molecule has 1 fully saturated rings. The molecule has 2 rings (SSSR count). The summed E-state index contributed by atoms with van der Waals surface area (Å²) in [6.45, 7) is 8.79. The Labute approximate surface area is 143 Å². The first-order valence-corrected chi connectivity index (χ1v) is 10.1. The summed E-state index contributed by atoms with van der Waals surface area (Å²) in [5.74, 6) is 3.96. The van der Waals surface area contributed by atoms with E-state index in [1.807, 2.05) is 23.5 Å². The second-order valence-corrected chi connectivity index (χ2v) is 9.66. The van der Waals surface area contributed by atoms with Crippen molar-refractivity contribution in [1.82, 2.24) is 9.97 Å². The number of aromatic nitrogens is 2. The van der Waals surface area contributed by atoms with E-state index in [0.29, 0.717) is 16.3 Å². The van der Waals surface area contributed by atoms with Crippen molar-refractivity contribution in [2.24, 2.45) is 0 Å². The average Bonchev–Trinajstić information content (AvgIpc) is 2.40. The molecular formula is C14H22IN3S2. The summed E-state index contributed by atoms with van der Waals surface area (Å²) in [4.78, 5) is 9.49. The lowest BCUT2D eigenvalue weighted by molar-refractivity contribution is 0.556. The van der Waals surface area contributed by atoms with Crippen molar-refractivity contribution >= 4 is 51.9 Å². The maximum Gasteiger partial charge on any atom is 0.145 e. The van der Waals surface area contributed by atoms with Crippen molar-refractivity contribution < 1.29 is 0 Å². The van der Waals surface area contributed by atoms with Gasteiger partial charge in [0.2, 0.25) is 0 Å². The van der Waals surface area contributed by atoms with Gasteiger partial charge in [-0.1, -0.05) is 27.7 Å². The molecule has 1 saturated heterocycles. The second-order valence-electron chi connectivity index (χ2n) is 5.99. The molecule has 1 aromatic rings. The van der Waals surface area contributed by atoms with Crippen molar-refractivity contribution in [3.8, 4) is 0 Å². The Balaban J connectivity index is 2.44. The highest BCUT2D eigenvalue weighted by Gasteiger charge is 2.31. The zero-order valence-electron chi connectivity index (χ0n) is 12.4. The lowest BCUT2D eigenvalue weighted by Gasteiger charge is -2.30. The van der Waals surface area contributed by atoms with Crippen LogP contribution in [0.2, 0.25) is 0 Å². The van der Waals surface area contributed by atoms with E-state index in [2.05, 4.69) is 55.3 Å². The first kappa shape index (κ1) is 16.7. The first-order valence-electron chi connectivity index (χ1n) is 6.91. The largest absolute Gasteiger partial charge is 0.383 e. The highest BCUT2D eigenvalue weighted by atomic mass is 127. The highest BCUT2D eigenvalue weighted by molar-refractivity contribution is 14.1. The van der Waals surface area contributed by atoms with Gasteiger partial charge in [-0.25, -0.2) is 9.97 Å². The fourth-order valence-electron chi connectivity index (χ4n) is 2.25. The van der Waals surface area contributed by atoms with Gasteiger partial charge in [0.1, 0.15) is 11.6 Å². The maximum absolute atomic E-state index is 6.14. The van der Waals surface area contributed by atoms with Crippen LogP contribution in [0.4, 0.5) is 5.82 Å². The molecule has 20 heavy (non-hydrogen) atoms. The van der Waals surface area contributed by atoms with Gasteiger partial charge in [0.05, 0.1) is 14.5 Å². The Kier molecular flexibility index (Phi) is 5.51. The summed E-state index contributed by atoms with van der Waals surface area (Å²) in [5, 5.41) is 0.972. The SMILES string of the molecule is CCC1SCCSC1c1nc(N)c(I)c(C(C)(C)C)n1. The molecule has 3 nitrogen and oxygen atoms in total. The van der Waals surface area contributed by atoms with Crippen LogP contribution in [-0.2, 0) is 5.41 Å². The van der Waals surface area contributed by atoms with E-state index in [9.17, 15) is 0 Å². The Morgan fingerprint density at radius 2 is 1.90 bits per heavy atom. The van der Waals surface area contributed by atoms with Crippen LogP contribution in [-0.4, -0.2) is 26.7 Å². The molecule has 0 spiro atoms. The highest BCUT2D eigenvalue weighted by Crippen LogP contribution is 2.43. The van der Waals surface area contributed by atoms with Crippen LogP contribution < -0.4 is 5.73 Å². The van der Waals surface area contributed by atoms with Gasteiger partial charge >= 0.3 is 0 Å². The lowest BCUT2D eigenvalue weighted by atomic mass is 9.92. The molecule has 2 heterocycles. The van der Waals surface area contributed by atoms with Gasteiger partial charge in [0.25, 0.3) is 0 Å². The van der Waals surface area contributed by atoms with Gasteiger partial charge < -0.3 is 5.73 Å². The monoisotopic (exact) mass is 423 g/mol. The molecule has 112 valence electrons. The average molecular weight is 423 g/mol. The van der Waals surface area contributed by atoms with E-state index in [4.69, 9.17) is 10.7 Å². The van der Waals surface area contributed by atoms with Crippen LogP contribution in [0.25, 0.3) is 0 Å². The van der Waals surface area contributed by atoms with Gasteiger partial charge in [-0.05, 0) is 29.0 Å². The summed E-state index contributed by atoms with van der Waals surface area (Å²) < 4.78 is 1.00. The van der Waals surface area contributed by atoms with Crippen LogP contribution in [0.3, 0.4) is 0 Å². The standard InChI is InChI=1S/C14H22IN3S2/c1-5-8-10(20-7-6-19-8)13-17-11(14(2,3)4)9(15)12(16)18-13/h8,10H,5-7H2,1-4H3,(H2,16,17,18). The van der Waals surface area contributed by atoms with Gasteiger partial charge in [0.15, 0.2) is 0 Å². The van der Waals surface area contributed by atoms with Gasteiger partial charge in [-0.15, -0.1) is 11.8 Å². The molecule has 6 heteroatoms. The van der Waals surface area contributed by atoms with Crippen molar-refractivity contribution in [3.63, 3.8) is 0 Å². The Bertz CT molecular complexity index is 488. The van der Waals surface area contributed by atoms with E-state index in [0.717, 1.165) is 21.5 Å². The second kappa shape index (κ2) is 6.60. The first-order chi connectivity index (χ1) is 9.34. The van der Waals surface area contributed by atoms with Gasteiger partial charge in [-0.3, -0.25) is 0 Å². The topological polar surface area (TPSA) is 51.8 Å². The molecule has 0 bridgehead atoms. The smallest absolute Gasteiger partial charge is 0.145 e. The summed E-state index contributed by atoms with van der Waals surface area (Å²) in [6.07, 6.45) is 1.16. The number of hydrogen-bond donors (Lipinski definition) is 1. The van der Waals surface area contributed by atoms with E-state index >= 15 is 0 Å². The number of nitrogen functional groups attached to an aromatic ring is 1. The predicted octanol–water partition coefficient (Wildman–Crippen LogP) is 4.26. The molecule has 2 unspecified atom stereocenters. The van der Waals surface area contributed by atoms with E-state index < -0.39 is 0 Å². The molecule has 0 aromatic carbocycles. The van der Waals surface area contributed by atoms with Crippen molar-refractivity contribution in [2.45, 2.75) is 50.0 Å². The number of hydrogen-bond acceptors (Lipinski definition) is 5. The van der Waals surface area contributed by atoms with Crippen LogP contribution in [0.1, 0.15) is 50.9 Å². The van der Waals surface area contributed by atoms with E-state index in [1.165, 1.54) is 11.5 Å². The predicted molar refractivity (Wildman–Crippen MR) is 99.6 cm³/mol. The summed E-state index contributed by atoms with van der Waals surface area (Å²) in [6, 6.07) is 0. The summed E-state index contributed by atoms with van der Waals surface area (Å²) >= 11 is 6.30. The number of halogens is 1. The Morgan fingerprint density at radius 1 is 1.25 bits per heavy atom. The van der Waals surface area contributed by atoms with E-state index in [-0.39, 0.29) is 5.41 Å². The van der Waals surface area contributed by atoms with Crippen molar-refractivity contribution in [3.05, 3.63) is 15.1 Å². The lowest BCUT2D eigenvalue weighted by Crippen LogP contribution is -2.24. The molecule has 0 radical (unpaired) electrons. The number of nitrogens with two attached hydrogens (primary N) is 1. The van der Waals surface area contributed by atoms with Crippen molar-refractivity contribution in [2.75, 3.05) is 17.2 Å². The minimum absolute atomic E-state index is 0.00345. The quantitative estimate of drug-likeness (QED) is 0.721. The number of nitrogens with zero attached hydrogens (tertiary/aromatic N) is 2. The van der Waals surface area contributed by atoms with Crippen LogP contribution in [0.5, 0.6) is 0 Å². The molecule has 1 aliphatic heterocycles. The number of rotatable bonds is 2. The number of anilines is 1. The van der Waals surface area contributed by atoms with E-state index in [1.54, 1.807) is 0 Å². The van der Waals surface area contributed by atoms with Gasteiger partial charge in [-0.2, -0.15) is 11.8 Å². The molecule has 0 saturated carbocycles. The minimum atomic E-state index is -0.00345. The third-order valence-electron chi connectivity index (χ3n) is 3.31.